The summed E-state index contributed by atoms with van der Waals surface area (Å²) in [6, 6.07) is 6.12. The number of nitrogens with one attached hydrogen (secondary N) is 1. The van der Waals surface area contributed by atoms with Crippen molar-refractivity contribution < 1.29 is 4.79 Å². The average Bonchev–Trinajstić information content (AvgIpc) is 2.43. The van der Waals surface area contributed by atoms with Crippen LogP contribution in [0.1, 0.15) is 37.3 Å². The Kier molecular flexibility index (Phi) is 4.59. The molecule has 104 valence electrons. The fraction of sp³-hybridized carbons (Fsp3) is 0.562. The number of piperidine rings is 1. The highest BCUT2D eigenvalue weighted by atomic mass is 16.2. The van der Waals surface area contributed by atoms with E-state index >= 15 is 0 Å². The summed E-state index contributed by atoms with van der Waals surface area (Å²) in [6.45, 7) is 8.17. The van der Waals surface area contributed by atoms with Gasteiger partial charge in [0.25, 0.3) is 0 Å². The maximum absolute atomic E-state index is 12.3. The maximum atomic E-state index is 12.3. The Morgan fingerprint density at radius 3 is 2.58 bits per heavy atom. The van der Waals surface area contributed by atoms with Gasteiger partial charge in [-0.05, 0) is 63.9 Å². The first-order chi connectivity index (χ1) is 9.08. The topological polar surface area (TPSA) is 32.3 Å². The van der Waals surface area contributed by atoms with Crippen LogP contribution in [-0.2, 0) is 4.79 Å². The lowest BCUT2D eigenvalue weighted by Crippen LogP contribution is -2.44. The van der Waals surface area contributed by atoms with E-state index in [2.05, 4.69) is 22.3 Å². The molecule has 1 aromatic rings. The quantitative estimate of drug-likeness (QED) is 0.905. The maximum Gasteiger partial charge on any atom is 0.241 e. The van der Waals surface area contributed by atoms with E-state index in [1.807, 2.05) is 26.8 Å². The number of rotatable bonds is 3. The van der Waals surface area contributed by atoms with Gasteiger partial charge in [0.15, 0.2) is 0 Å². The Hall–Kier alpha value is -1.35. The number of benzene rings is 1. The first kappa shape index (κ1) is 14.1. The van der Waals surface area contributed by atoms with Gasteiger partial charge in [0.2, 0.25) is 5.91 Å². The van der Waals surface area contributed by atoms with Gasteiger partial charge >= 0.3 is 0 Å². The largest absolute Gasteiger partial charge is 0.324 e. The predicted octanol–water partition coefficient (Wildman–Crippen LogP) is 3.12. The number of likely N-dealkylation sites (tertiary alicyclic amines) is 1. The summed E-state index contributed by atoms with van der Waals surface area (Å²) in [4.78, 5) is 14.6. The van der Waals surface area contributed by atoms with Crippen LogP contribution in [-0.4, -0.2) is 29.9 Å². The number of hydrogen-bond acceptors (Lipinski definition) is 2. The van der Waals surface area contributed by atoms with Gasteiger partial charge in [0.05, 0.1) is 6.04 Å². The third-order valence-electron chi connectivity index (χ3n) is 3.97. The molecule has 3 nitrogen and oxygen atoms in total. The number of amides is 1. The lowest BCUT2D eigenvalue weighted by atomic mass is 10.1. The molecule has 1 fully saturated rings. The zero-order valence-electron chi connectivity index (χ0n) is 12.2. The van der Waals surface area contributed by atoms with Crippen LogP contribution in [0.5, 0.6) is 0 Å². The summed E-state index contributed by atoms with van der Waals surface area (Å²) in [5.74, 6) is 0.107. The monoisotopic (exact) mass is 260 g/mol. The van der Waals surface area contributed by atoms with E-state index in [-0.39, 0.29) is 11.9 Å². The van der Waals surface area contributed by atoms with Crippen molar-refractivity contribution in [3.05, 3.63) is 29.3 Å². The highest BCUT2D eigenvalue weighted by Crippen LogP contribution is 2.18. The van der Waals surface area contributed by atoms with Crippen molar-refractivity contribution in [2.24, 2.45) is 0 Å². The van der Waals surface area contributed by atoms with E-state index in [1.54, 1.807) is 0 Å². The molecule has 0 aliphatic carbocycles. The number of aryl methyl sites for hydroxylation is 2. The molecule has 0 unspecified atom stereocenters. The smallest absolute Gasteiger partial charge is 0.241 e. The SMILES string of the molecule is Cc1ccc(C)c(NC(=O)[C@H](C)N2CCCCC2)c1. The minimum Gasteiger partial charge on any atom is -0.324 e. The standard InChI is InChI=1S/C16H24N2O/c1-12-7-8-13(2)15(11-12)17-16(19)14(3)18-9-5-4-6-10-18/h7-8,11,14H,4-6,9-10H2,1-3H3,(H,17,19)/t14-/m0/s1. The fourth-order valence-corrected chi connectivity index (χ4v) is 2.58. The molecular weight excluding hydrogens is 236 g/mol. The Balaban J connectivity index is 2.01. The molecular formula is C16H24N2O. The third-order valence-corrected chi connectivity index (χ3v) is 3.97. The van der Waals surface area contributed by atoms with Gasteiger partial charge in [0.1, 0.15) is 0 Å². The Bertz CT molecular complexity index is 450. The minimum atomic E-state index is -0.0415. The first-order valence-electron chi connectivity index (χ1n) is 7.20. The molecule has 0 bridgehead atoms. The zero-order valence-corrected chi connectivity index (χ0v) is 12.2. The summed E-state index contributed by atoms with van der Waals surface area (Å²) in [5.41, 5.74) is 3.23. The molecule has 0 aromatic heterocycles. The fourth-order valence-electron chi connectivity index (χ4n) is 2.58. The van der Waals surface area contributed by atoms with E-state index in [9.17, 15) is 4.79 Å². The van der Waals surface area contributed by atoms with Crippen molar-refractivity contribution in [2.45, 2.75) is 46.1 Å². The lowest BCUT2D eigenvalue weighted by molar-refractivity contribution is -0.121. The molecule has 1 N–H and O–H groups in total. The number of anilines is 1. The second-order valence-corrected chi connectivity index (χ2v) is 5.58. The van der Waals surface area contributed by atoms with Crippen molar-refractivity contribution in [3.63, 3.8) is 0 Å². The normalized spacial score (nSPS) is 18.1. The molecule has 0 saturated carbocycles. The van der Waals surface area contributed by atoms with Crippen LogP contribution >= 0.6 is 0 Å². The first-order valence-corrected chi connectivity index (χ1v) is 7.20. The van der Waals surface area contributed by atoms with Gasteiger partial charge in [-0.2, -0.15) is 0 Å². The van der Waals surface area contributed by atoms with E-state index in [0.717, 1.165) is 24.3 Å². The van der Waals surface area contributed by atoms with Crippen molar-refractivity contribution in [3.8, 4) is 0 Å². The van der Waals surface area contributed by atoms with Crippen molar-refractivity contribution in [1.82, 2.24) is 4.90 Å². The molecule has 1 aromatic carbocycles. The number of hydrogen-bond donors (Lipinski definition) is 1. The summed E-state index contributed by atoms with van der Waals surface area (Å²) in [6.07, 6.45) is 3.71. The Labute approximate surface area is 116 Å². The molecule has 3 heteroatoms. The molecule has 1 atom stereocenters. The van der Waals surface area contributed by atoms with Gasteiger partial charge in [-0.3, -0.25) is 9.69 Å². The molecule has 1 saturated heterocycles. The van der Waals surface area contributed by atoms with Crippen molar-refractivity contribution in [1.29, 1.82) is 0 Å². The summed E-state index contributed by atoms with van der Waals surface area (Å²) < 4.78 is 0. The zero-order chi connectivity index (χ0) is 13.8. The van der Waals surface area contributed by atoms with Gasteiger partial charge < -0.3 is 5.32 Å². The molecule has 1 heterocycles. The summed E-state index contributed by atoms with van der Waals surface area (Å²) in [5, 5.41) is 3.07. The summed E-state index contributed by atoms with van der Waals surface area (Å²) in [7, 11) is 0. The van der Waals surface area contributed by atoms with Gasteiger partial charge in [-0.15, -0.1) is 0 Å². The lowest BCUT2D eigenvalue weighted by Gasteiger charge is -2.31. The van der Waals surface area contributed by atoms with Crippen LogP contribution in [0, 0.1) is 13.8 Å². The molecule has 1 aliphatic rings. The molecule has 1 aliphatic heterocycles. The van der Waals surface area contributed by atoms with E-state index in [1.165, 1.54) is 24.8 Å². The third kappa shape index (κ3) is 3.57. The van der Waals surface area contributed by atoms with Gasteiger partial charge in [-0.1, -0.05) is 18.6 Å². The van der Waals surface area contributed by atoms with Crippen LogP contribution in [0.3, 0.4) is 0 Å². The van der Waals surface area contributed by atoms with Crippen LogP contribution in [0.25, 0.3) is 0 Å². The van der Waals surface area contributed by atoms with Crippen molar-refractivity contribution >= 4 is 11.6 Å². The molecule has 0 radical (unpaired) electrons. The number of carbonyl (C=O) groups is 1. The second kappa shape index (κ2) is 6.20. The second-order valence-electron chi connectivity index (χ2n) is 5.58. The van der Waals surface area contributed by atoms with Gasteiger partial charge in [0, 0.05) is 5.69 Å². The Morgan fingerprint density at radius 2 is 1.89 bits per heavy atom. The van der Waals surface area contributed by atoms with E-state index in [4.69, 9.17) is 0 Å². The molecule has 1 amide bonds. The molecule has 0 spiro atoms. The van der Waals surface area contributed by atoms with Gasteiger partial charge in [-0.25, -0.2) is 0 Å². The Morgan fingerprint density at radius 1 is 1.21 bits per heavy atom. The van der Waals surface area contributed by atoms with Crippen LogP contribution in [0.4, 0.5) is 5.69 Å². The molecule has 2 rings (SSSR count). The number of carbonyl (C=O) groups excluding carboxylic acids is 1. The number of nitrogens with zero attached hydrogens (tertiary/aromatic N) is 1. The highest BCUT2D eigenvalue weighted by molar-refractivity contribution is 5.95. The van der Waals surface area contributed by atoms with Crippen molar-refractivity contribution in [2.75, 3.05) is 18.4 Å². The minimum absolute atomic E-state index is 0.0415. The van der Waals surface area contributed by atoms with Crippen LogP contribution in [0.15, 0.2) is 18.2 Å². The van der Waals surface area contributed by atoms with Crippen LogP contribution < -0.4 is 5.32 Å². The highest BCUT2D eigenvalue weighted by Gasteiger charge is 2.22. The average molecular weight is 260 g/mol. The molecule has 19 heavy (non-hydrogen) atoms. The van der Waals surface area contributed by atoms with E-state index < -0.39 is 0 Å². The van der Waals surface area contributed by atoms with E-state index in [0.29, 0.717) is 0 Å². The van der Waals surface area contributed by atoms with Crippen LogP contribution in [0.2, 0.25) is 0 Å². The predicted molar refractivity (Wildman–Crippen MR) is 79.4 cm³/mol. The summed E-state index contributed by atoms with van der Waals surface area (Å²) >= 11 is 0.